The predicted molar refractivity (Wildman–Crippen MR) is 69.8 cm³/mol. The van der Waals surface area contributed by atoms with Gasteiger partial charge in [0.25, 0.3) is 0 Å². The van der Waals surface area contributed by atoms with Gasteiger partial charge in [-0.1, -0.05) is 41.4 Å². The molecule has 0 heterocycles. The largest absolute Gasteiger partial charge is 0.467 e. The molecule has 0 aliphatic rings. The van der Waals surface area contributed by atoms with E-state index in [-0.39, 0.29) is 5.97 Å². The SMILES string of the molecule is CCCCO[C@@H](C(=O)OC)c1ccc(Br)cc1. The molecule has 0 aliphatic carbocycles. The highest BCUT2D eigenvalue weighted by Gasteiger charge is 2.21. The van der Waals surface area contributed by atoms with Gasteiger partial charge in [0.2, 0.25) is 0 Å². The van der Waals surface area contributed by atoms with Crippen LogP contribution in [0.5, 0.6) is 0 Å². The third-order valence-corrected chi connectivity index (χ3v) is 2.90. The highest BCUT2D eigenvalue weighted by atomic mass is 79.9. The molecular weight excluding hydrogens is 284 g/mol. The molecule has 0 fully saturated rings. The number of carbonyl (C=O) groups is 1. The van der Waals surface area contributed by atoms with Gasteiger partial charge in [-0.25, -0.2) is 4.79 Å². The van der Waals surface area contributed by atoms with E-state index in [4.69, 9.17) is 9.47 Å². The van der Waals surface area contributed by atoms with Gasteiger partial charge in [-0.05, 0) is 24.1 Å². The van der Waals surface area contributed by atoms with E-state index in [1.165, 1.54) is 7.11 Å². The molecule has 0 saturated carbocycles. The number of hydrogen-bond donors (Lipinski definition) is 0. The zero-order valence-corrected chi connectivity index (χ0v) is 11.7. The lowest BCUT2D eigenvalue weighted by molar-refractivity contribution is -0.154. The summed E-state index contributed by atoms with van der Waals surface area (Å²) in [5, 5.41) is 0. The molecule has 1 aromatic carbocycles. The van der Waals surface area contributed by atoms with E-state index in [2.05, 4.69) is 22.9 Å². The number of ether oxygens (including phenoxy) is 2. The lowest BCUT2D eigenvalue weighted by Gasteiger charge is -2.15. The van der Waals surface area contributed by atoms with Crippen LogP contribution in [0.4, 0.5) is 0 Å². The fraction of sp³-hybridized carbons (Fsp3) is 0.462. The monoisotopic (exact) mass is 300 g/mol. The maximum absolute atomic E-state index is 11.6. The van der Waals surface area contributed by atoms with Crippen LogP contribution in [0.1, 0.15) is 31.4 Å². The number of methoxy groups -OCH3 is 1. The summed E-state index contributed by atoms with van der Waals surface area (Å²) < 4.78 is 11.3. The number of rotatable bonds is 6. The number of carbonyl (C=O) groups excluding carboxylic acids is 1. The first-order chi connectivity index (χ1) is 8.19. The Morgan fingerprint density at radius 3 is 2.53 bits per heavy atom. The minimum atomic E-state index is -0.625. The van der Waals surface area contributed by atoms with Crippen molar-refractivity contribution < 1.29 is 14.3 Å². The van der Waals surface area contributed by atoms with Crippen LogP contribution in [0.25, 0.3) is 0 Å². The molecule has 1 atom stereocenters. The smallest absolute Gasteiger partial charge is 0.339 e. The molecule has 0 aliphatic heterocycles. The van der Waals surface area contributed by atoms with Crippen molar-refractivity contribution in [3.8, 4) is 0 Å². The predicted octanol–water partition coefficient (Wildman–Crippen LogP) is 3.48. The Morgan fingerprint density at radius 1 is 1.35 bits per heavy atom. The molecule has 1 aromatic rings. The van der Waals surface area contributed by atoms with E-state index in [9.17, 15) is 4.79 Å². The van der Waals surface area contributed by atoms with Gasteiger partial charge in [-0.15, -0.1) is 0 Å². The third kappa shape index (κ3) is 4.48. The summed E-state index contributed by atoms with van der Waals surface area (Å²) in [4.78, 5) is 11.6. The summed E-state index contributed by atoms with van der Waals surface area (Å²) in [6, 6.07) is 7.48. The molecule has 0 saturated heterocycles. The Labute approximate surface area is 110 Å². The Morgan fingerprint density at radius 2 is 2.00 bits per heavy atom. The lowest BCUT2D eigenvalue weighted by atomic mass is 10.1. The van der Waals surface area contributed by atoms with Gasteiger partial charge in [-0.2, -0.15) is 0 Å². The van der Waals surface area contributed by atoms with Crippen LogP contribution < -0.4 is 0 Å². The summed E-state index contributed by atoms with van der Waals surface area (Å²) in [6.45, 7) is 2.64. The number of halogens is 1. The van der Waals surface area contributed by atoms with Crippen molar-refractivity contribution in [1.29, 1.82) is 0 Å². The van der Waals surface area contributed by atoms with Gasteiger partial charge in [0.05, 0.1) is 7.11 Å². The number of hydrogen-bond acceptors (Lipinski definition) is 3. The van der Waals surface area contributed by atoms with E-state index >= 15 is 0 Å². The Balaban J connectivity index is 2.74. The standard InChI is InChI=1S/C13H17BrO3/c1-3-4-9-17-12(13(15)16-2)10-5-7-11(14)8-6-10/h5-8,12H,3-4,9H2,1-2H3/t12-/m1/s1. The third-order valence-electron chi connectivity index (χ3n) is 2.37. The maximum Gasteiger partial charge on any atom is 0.339 e. The van der Waals surface area contributed by atoms with Crippen LogP contribution >= 0.6 is 15.9 Å². The fourth-order valence-electron chi connectivity index (χ4n) is 1.39. The van der Waals surface area contributed by atoms with Crippen molar-refractivity contribution in [3.05, 3.63) is 34.3 Å². The van der Waals surface area contributed by atoms with E-state index in [1.54, 1.807) is 0 Å². The first kappa shape index (κ1) is 14.2. The number of esters is 1. The number of benzene rings is 1. The molecule has 0 amide bonds. The van der Waals surface area contributed by atoms with Crippen molar-refractivity contribution in [2.75, 3.05) is 13.7 Å². The molecule has 3 nitrogen and oxygen atoms in total. The highest BCUT2D eigenvalue weighted by Crippen LogP contribution is 2.21. The molecular formula is C13H17BrO3. The summed E-state index contributed by atoms with van der Waals surface area (Å²) in [6.07, 6.45) is 1.35. The van der Waals surface area contributed by atoms with Crippen molar-refractivity contribution >= 4 is 21.9 Å². The van der Waals surface area contributed by atoms with Crippen LogP contribution in [0.2, 0.25) is 0 Å². The molecule has 17 heavy (non-hydrogen) atoms. The van der Waals surface area contributed by atoms with Crippen molar-refractivity contribution in [1.82, 2.24) is 0 Å². The summed E-state index contributed by atoms with van der Waals surface area (Å²) in [5.74, 6) is -0.358. The van der Waals surface area contributed by atoms with Crippen molar-refractivity contribution in [3.63, 3.8) is 0 Å². The Bertz CT molecular complexity index is 348. The normalized spacial score (nSPS) is 12.2. The van der Waals surface area contributed by atoms with E-state index < -0.39 is 6.10 Å². The summed E-state index contributed by atoms with van der Waals surface area (Å²) >= 11 is 3.36. The molecule has 0 bridgehead atoms. The average molecular weight is 301 g/mol. The summed E-state index contributed by atoms with van der Waals surface area (Å²) in [7, 11) is 1.37. The second-order valence-corrected chi connectivity index (χ2v) is 4.59. The minimum Gasteiger partial charge on any atom is -0.467 e. The minimum absolute atomic E-state index is 0.358. The lowest BCUT2D eigenvalue weighted by Crippen LogP contribution is -2.18. The van der Waals surface area contributed by atoms with Gasteiger partial charge < -0.3 is 9.47 Å². The molecule has 4 heteroatoms. The van der Waals surface area contributed by atoms with E-state index in [0.29, 0.717) is 6.61 Å². The number of unbranched alkanes of at least 4 members (excludes halogenated alkanes) is 1. The van der Waals surface area contributed by atoms with Gasteiger partial charge in [-0.3, -0.25) is 0 Å². The molecule has 0 aromatic heterocycles. The molecule has 0 spiro atoms. The molecule has 94 valence electrons. The first-order valence-electron chi connectivity index (χ1n) is 5.64. The second-order valence-electron chi connectivity index (χ2n) is 3.68. The van der Waals surface area contributed by atoms with Gasteiger partial charge in [0.1, 0.15) is 0 Å². The zero-order chi connectivity index (χ0) is 12.7. The van der Waals surface area contributed by atoms with Gasteiger partial charge in [0.15, 0.2) is 6.10 Å². The summed E-state index contributed by atoms with van der Waals surface area (Å²) in [5.41, 5.74) is 0.816. The van der Waals surface area contributed by atoms with Crippen LogP contribution in [0.3, 0.4) is 0 Å². The van der Waals surface area contributed by atoms with E-state index in [1.807, 2.05) is 24.3 Å². The van der Waals surface area contributed by atoms with Crippen molar-refractivity contribution in [2.24, 2.45) is 0 Å². The first-order valence-corrected chi connectivity index (χ1v) is 6.43. The highest BCUT2D eigenvalue weighted by molar-refractivity contribution is 9.10. The van der Waals surface area contributed by atoms with Crippen LogP contribution in [-0.4, -0.2) is 19.7 Å². The Kier molecular flexibility index (Phi) is 6.22. The fourth-order valence-corrected chi connectivity index (χ4v) is 1.65. The van der Waals surface area contributed by atoms with Gasteiger partial charge in [0, 0.05) is 11.1 Å². The Hall–Kier alpha value is -0.870. The topological polar surface area (TPSA) is 35.5 Å². The molecule has 0 radical (unpaired) electrons. The van der Waals surface area contributed by atoms with Crippen molar-refractivity contribution in [2.45, 2.75) is 25.9 Å². The van der Waals surface area contributed by atoms with Crippen LogP contribution in [-0.2, 0) is 14.3 Å². The average Bonchev–Trinajstić information content (AvgIpc) is 2.35. The van der Waals surface area contributed by atoms with Gasteiger partial charge >= 0.3 is 5.97 Å². The van der Waals surface area contributed by atoms with E-state index in [0.717, 1.165) is 22.9 Å². The van der Waals surface area contributed by atoms with Crippen LogP contribution in [0, 0.1) is 0 Å². The zero-order valence-electron chi connectivity index (χ0n) is 10.1. The van der Waals surface area contributed by atoms with Crippen LogP contribution in [0.15, 0.2) is 28.7 Å². The maximum atomic E-state index is 11.6. The molecule has 0 N–H and O–H groups in total. The quantitative estimate of drug-likeness (QED) is 0.596. The molecule has 1 rings (SSSR count). The second kappa shape index (κ2) is 7.45. The molecule has 0 unspecified atom stereocenters.